The van der Waals surface area contributed by atoms with Crippen LogP contribution >= 0.6 is 0 Å². The van der Waals surface area contributed by atoms with E-state index in [-0.39, 0.29) is 17.7 Å². The molecule has 1 aromatic rings. The molecule has 0 spiro atoms. The Bertz CT molecular complexity index is 621. The van der Waals surface area contributed by atoms with Crippen molar-refractivity contribution in [1.82, 2.24) is 4.90 Å². The molecule has 0 atom stereocenters. The Morgan fingerprint density at radius 3 is 2.45 bits per heavy atom. The van der Waals surface area contributed by atoms with Gasteiger partial charge in [-0.05, 0) is 51.2 Å². The molecule has 0 unspecified atom stereocenters. The standard InChI is InChI=1S/C16H22N2O4/c1-9-5-10(2)15(18(21)22)11(3)14(9)16(20)17(4)8-12-6-13(19)7-12/h5,12-13,19H,6-8H2,1-4H3. The Kier molecular flexibility index (Phi) is 4.51. The number of carbonyl (C=O) groups is 1. The molecule has 22 heavy (non-hydrogen) atoms. The zero-order valence-corrected chi connectivity index (χ0v) is 13.4. The summed E-state index contributed by atoms with van der Waals surface area (Å²) in [5, 5.41) is 20.5. The van der Waals surface area contributed by atoms with Crippen LogP contribution < -0.4 is 0 Å². The monoisotopic (exact) mass is 306 g/mol. The second-order valence-corrected chi connectivity index (χ2v) is 6.29. The van der Waals surface area contributed by atoms with Gasteiger partial charge in [-0.25, -0.2) is 0 Å². The first kappa shape index (κ1) is 16.4. The maximum atomic E-state index is 12.7. The molecule has 0 aromatic heterocycles. The third-order valence-electron chi connectivity index (χ3n) is 4.42. The largest absolute Gasteiger partial charge is 0.393 e. The number of amides is 1. The Hall–Kier alpha value is -1.95. The predicted molar refractivity (Wildman–Crippen MR) is 83.0 cm³/mol. The summed E-state index contributed by atoms with van der Waals surface area (Å²) in [6.45, 7) is 5.69. The lowest BCUT2D eigenvalue weighted by Crippen LogP contribution is -2.40. The number of aliphatic hydroxyl groups is 1. The normalized spacial score (nSPS) is 20.4. The minimum atomic E-state index is -0.427. The average molecular weight is 306 g/mol. The maximum Gasteiger partial charge on any atom is 0.275 e. The fourth-order valence-electron chi connectivity index (χ4n) is 3.30. The van der Waals surface area contributed by atoms with Crippen LogP contribution in [0.4, 0.5) is 5.69 Å². The van der Waals surface area contributed by atoms with Crippen molar-refractivity contribution in [3.63, 3.8) is 0 Å². The van der Waals surface area contributed by atoms with Gasteiger partial charge in [0.1, 0.15) is 0 Å². The van der Waals surface area contributed by atoms with Crippen LogP contribution in [0.1, 0.15) is 39.9 Å². The summed E-state index contributed by atoms with van der Waals surface area (Å²) < 4.78 is 0. The predicted octanol–water partition coefficient (Wildman–Crippen LogP) is 2.36. The average Bonchev–Trinajstić information content (AvgIpc) is 2.35. The van der Waals surface area contributed by atoms with Crippen molar-refractivity contribution in [3.05, 3.63) is 38.4 Å². The molecule has 0 radical (unpaired) electrons. The van der Waals surface area contributed by atoms with E-state index < -0.39 is 4.92 Å². The number of nitro groups is 1. The zero-order valence-electron chi connectivity index (χ0n) is 13.4. The summed E-state index contributed by atoms with van der Waals surface area (Å²) in [5.41, 5.74) is 2.18. The zero-order chi connectivity index (χ0) is 16.6. The lowest BCUT2D eigenvalue weighted by molar-refractivity contribution is -0.386. The highest BCUT2D eigenvalue weighted by molar-refractivity contribution is 5.98. The molecule has 1 fully saturated rings. The van der Waals surface area contributed by atoms with Gasteiger partial charge in [0.25, 0.3) is 11.6 Å². The number of nitrogens with zero attached hydrogens (tertiary/aromatic N) is 2. The fraction of sp³-hybridized carbons (Fsp3) is 0.562. The molecule has 0 bridgehead atoms. The Labute approximate surface area is 129 Å². The lowest BCUT2D eigenvalue weighted by atomic mass is 9.82. The SMILES string of the molecule is Cc1cc(C)c([N+](=O)[O-])c(C)c1C(=O)N(C)CC1CC(O)C1. The molecular formula is C16H22N2O4. The first-order chi connectivity index (χ1) is 10.2. The number of hydrogen-bond acceptors (Lipinski definition) is 4. The van der Waals surface area contributed by atoms with E-state index in [4.69, 9.17) is 0 Å². The maximum absolute atomic E-state index is 12.7. The van der Waals surface area contributed by atoms with Crippen LogP contribution in [0.2, 0.25) is 0 Å². The highest BCUT2D eigenvalue weighted by Gasteiger charge is 2.31. The van der Waals surface area contributed by atoms with E-state index in [0.29, 0.717) is 42.0 Å². The van der Waals surface area contributed by atoms with Crippen molar-refractivity contribution in [3.8, 4) is 0 Å². The van der Waals surface area contributed by atoms with Gasteiger partial charge >= 0.3 is 0 Å². The molecule has 1 aliphatic carbocycles. The quantitative estimate of drug-likeness (QED) is 0.683. The summed E-state index contributed by atoms with van der Waals surface area (Å²) in [4.78, 5) is 25.1. The van der Waals surface area contributed by atoms with E-state index in [2.05, 4.69) is 0 Å². The van der Waals surface area contributed by atoms with Crippen molar-refractivity contribution in [2.45, 2.75) is 39.7 Å². The molecule has 120 valence electrons. The summed E-state index contributed by atoms with van der Waals surface area (Å²) in [6, 6.07) is 1.69. The number of rotatable bonds is 4. The van der Waals surface area contributed by atoms with Gasteiger partial charge in [-0.15, -0.1) is 0 Å². The van der Waals surface area contributed by atoms with Crippen molar-refractivity contribution in [2.75, 3.05) is 13.6 Å². The van der Waals surface area contributed by atoms with Gasteiger partial charge < -0.3 is 10.0 Å². The highest BCUT2D eigenvalue weighted by atomic mass is 16.6. The number of benzene rings is 1. The number of hydrogen-bond donors (Lipinski definition) is 1. The molecule has 1 saturated carbocycles. The van der Waals surface area contributed by atoms with E-state index in [0.717, 1.165) is 5.56 Å². The van der Waals surface area contributed by atoms with E-state index in [9.17, 15) is 20.0 Å². The molecule has 6 nitrogen and oxygen atoms in total. The Morgan fingerprint density at radius 1 is 1.36 bits per heavy atom. The van der Waals surface area contributed by atoms with Gasteiger partial charge in [0.2, 0.25) is 0 Å². The summed E-state index contributed by atoms with van der Waals surface area (Å²) in [6.07, 6.45) is 1.17. The molecule has 1 amide bonds. The van der Waals surface area contributed by atoms with E-state index in [1.807, 2.05) is 0 Å². The topological polar surface area (TPSA) is 83.7 Å². The highest BCUT2D eigenvalue weighted by Crippen LogP contribution is 2.31. The summed E-state index contributed by atoms with van der Waals surface area (Å²) >= 11 is 0. The van der Waals surface area contributed by atoms with Gasteiger partial charge in [0.15, 0.2) is 0 Å². The molecule has 1 N–H and O–H groups in total. The van der Waals surface area contributed by atoms with E-state index in [1.54, 1.807) is 38.8 Å². The lowest BCUT2D eigenvalue weighted by Gasteiger charge is -2.34. The number of nitro benzene ring substituents is 1. The smallest absolute Gasteiger partial charge is 0.275 e. The van der Waals surface area contributed by atoms with E-state index >= 15 is 0 Å². The second-order valence-electron chi connectivity index (χ2n) is 6.29. The van der Waals surface area contributed by atoms with Crippen molar-refractivity contribution in [1.29, 1.82) is 0 Å². The van der Waals surface area contributed by atoms with Gasteiger partial charge in [0, 0.05) is 24.7 Å². The van der Waals surface area contributed by atoms with Crippen LogP contribution in [0.5, 0.6) is 0 Å². The minimum absolute atomic E-state index is 0.0152. The van der Waals surface area contributed by atoms with E-state index in [1.165, 1.54) is 0 Å². The van der Waals surface area contributed by atoms with Crippen LogP contribution in [0, 0.1) is 36.8 Å². The van der Waals surface area contributed by atoms with Gasteiger partial charge in [-0.1, -0.05) is 0 Å². The third-order valence-corrected chi connectivity index (χ3v) is 4.42. The molecular weight excluding hydrogens is 284 g/mol. The molecule has 1 aromatic carbocycles. The number of aryl methyl sites for hydroxylation is 2. The molecule has 0 heterocycles. The molecule has 0 aliphatic heterocycles. The van der Waals surface area contributed by atoms with Gasteiger partial charge in [0.05, 0.1) is 16.6 Å². The van der Waals surface area contributed by atoms with Gasteiger partial charge in [-0.3, -0.25) is 14.9 Å². The Balaban J connectivity index is 2.29. The Morgan fingerprint density at radius 2 is 1.95 bits per heavy atom. The first-order valence-electron chi connectivity index (χ1n) is 7.41. The molecule has 6 heteroatoms. The second kappa shape index (κ2) is 6.04. The summed E-state index contributed by atoms with van der Waals surface area (Å²) in [5.74, 6) is 0.115. The molecule has 2 rings (SSSR count). The molecule has 1 aliphatic rings. The van der Waals surface area contributed by atoms with Gasteiger partial charge in [-0.2, -0.15) is 0 Å². The van der Waals surface area contributed by atoms with Crippen molar-refractivity contribution >= 4 is 11.6 Å². The molecule has 0 saturated heterocycles. The number of aliphatic hydroxyl groups excluding tert-OH is 1. The van der Waals surface area contributed by atoms with Crippen LogP contribution in [-0.2, 0) is 0 Å². The first-order valence-corrected chi connectivity index (χ1v) is 7.41. The van der Waals surface area contributed by atoms with Crippen molar-refractivity contribution in [2.24, 2.45) is 5.92 Å². The third kappa shape index (κ3) is 2.97. The van der Waals surface area contributed by atoms with Crippen LogP contribution in [-0.4, -0.2) is 40.5 Å². The van der Waals surface area contributed by atoms with Crippen LogP contribution in [0.25, 0.3) is 0 Å². The van der Waals surface area contributed by atoms with Crippen LogP contribution in [0.15, 0.2) is 6.07 Å². The van der Waals surface area contributed by atoms with Crippen LogP contribution in [0.3, 0.4) is 0 Å². The minimum Gasteiger partial charge on any atom is -0.393 e. The fourth-order valence-corrected chi connectivity index (χ4v) is 3.30. The van der Waals surface area contributed by atoms with Crippen molar-refractivity contribution < 1.29 is 14.8 Å². The number of carbonyl (C=O) groups excluding carboxylic acids is 1. The summed E-state index contributed by atoms with van der Waals surface area (Å²) in [7, 11) is 1.71.